The summed E-state index contributed by atoms with van der Waals surface area (Å²) in [5.41, 5.74) is 3.46. The standard InChI is InChI=1S/C25H26N4O6/c1-31-22-5-3-18-24(28-22)23-15(14-34-21(23)12-27-18)6-7-26-11-17-13-29(25(30)35-17)16-2-4-19-20(10-16)33-9-8-32-19/h2-5,10,12,15,17,26H,6-9,11,13-14H2,1H3/t15-,17-/m0/s1. The molecule has 35 heavy (non-hydrogen) atoms. The Morgan fingerprint density at radius 1 is 1.11 bits per heavy atom. The average molecular weight is 479 g/mol. The number of fused-ring (bicyclic) bond motifs is 4. The molecule has 0 radical (unpaired) electrons. The van der Waals surface area contributed by atoms with E-state index in [1.807, 2.05) is 30.3 Å². The second-order valence-electron chi connectivity index (χ2n) is 8.70. The van der Waals surface area contributed by atoms with Crippen LogP contribution in [0.25, 0.3) is 11.0 Å². The highest BCUT2D eigenvalue weighted by Crippen LogP contribution is 2.40. The smallest absolute Gasteiger partial charge is 0.414 e. The van der Waals surface area contributed by atoms with Crippen molar-refractivity contribution in [2.45, 2.75) is 18.4 Å². The largest absolute Gasteiger partial charge is 0.491 e. The van der Waals surface area contributed by atoms with Crippen LogP contribution in [0.5, 0.6) is 23.1 Å². The van der Waals surface area contributed by atoms with Crippen LogP contribution in [-0.2, 0) is 4.74 Å². The zero-order chi connectivity index (χ0) is 23.8. The number of methoxy groups -OCH3 is 1. The number of ether oxygens (including phenoxy) is 5. The van der Waals surface area contributed by atoms with Crippen molar-refractivity contribution < 1.29 is 28.5 Å². The van der Waals surface area contributed by atoms with Crippen LogP contribution in [0, 0.1) is 0 Å². The van der Waals surface area contributed by atoms with Crippen LogP contribution < -0.4 is 29.2 Å². The van der Waals surface area contributed by atoms with Gasteiger partial charge in [-0.1, -0.05) is 0 Å². The first-order valence-corrected chi connectivity index (χ1v) is 11.7. The molecule has 2 aromatic heterocycles. The molecule has 3 aromatic rings. The number of aromatic nitrogens is 2. The third-order valence-electron chi connectivity index (χ3n) is 6.50. The molecular formula is C25H26N4O6. The van der Waals surface area contributed by atoms with E-state index in [0.717, 1.165) is 41.0 Å². The van der Waals surface area contributed by atoms with Gasteiger partial charge in [-0.25, -0.2) is 9.78 Å². The minimum atomic E-state index is -0.356. The van der Waals surface area contributed by atoms with Gasteiger partial charge in [0.25, 0.3) is 0 Å². The number of amides is 1. The summed E-state index contributed by atoms with van der Waals surface area (Å²) >= 11 is 0. The number of carbonyl (C=O) groups excluding carboxylic acids is 1. The summed E-state index contributed by atoms with van der Waals surface area (Å²) < 4.78 is 28.0. The first-order valence-electron chi connectivity index (χ1n) is 11.7. The predicted octanol–water partition coefficient (Wildman–Crippen LogP) is 2.89. The Labute approximate surface area is 202 Å². The molecule has 0 aliphatic carbocycles. The molecule has 10 nitrogen and oxygen atoms in total. The Hall–Kier alpha value is -3.79. The molecule has 3 aliphatic rings. The summed E-state index contributed by atoms with van der Waals surface area (Å²) in [6, 6.07) is 9.23. The number of carbonyl (C=O) groups is 1. The molecule has 1 fully saturated rings. The number of nitrogens with zero attached hydrogens (tertiary/aromatic N) is 3. The fraction of sp³-hybridized carbons (Fsp3) is 0.400. The van der Waals surface area contributed by atoms with Gasteiger partial charge in [-0.3, -0.25) is 9.88 Å². The van der Waals surface area contributed by atoms with Gasteiger partial charge < -0.3 is 29.0 Å². The quantitative estimate of drug-likeness (QED) is 0.513. The van der Waals surface area contributed by atoms with Gasteiger partial charge in [0.1, 0.15) is 30.6 Å². The number of hydrogen-bond donors (Lipinski definition) is 1. The molecule has 1 saturated heterocycles. The molecule has 1 N–H and O–H groups in total. The van der Waals surface area contributed by atoms with Gasteiger partial charge >= 0.3 is 6.09 Å². The van der Waals surface area contributed by atoms with E-state index in [1.165, 1.54) is 0 Å². The highest BCUT2D eigenvalue weighted by molar-refractivity contribution is 5.90. The molecule has 2 atom stereocenters. The number of hydrogen-bond acceptors (Lipinski definition) is 9. The number of anilines is 1. The van der Waals surface area contributed by atoms with Gasteiger partial charge in [-0.2, -0.15) is 0 Å². The van der Waals surface area contributed by atoms with Crippen LogP contribution in [-0.4, -0.2) is 68.7 Å². The van der Waals surface area contributed by atoms with Crippen LogP contribution in [0.2, 0.25) is 0 Å². The summed E-state index contributed by atoms with van der Waals surface area (Å²) in [6.45, 7) is 3.41. The molecule has 1 amide bonds. The highest BCUT2D eigenvalue weighted by atomic mass is 16.6. The second-order valence-corrected chi connectivity index (χ2v) is 8.70. The lowest BCUT2D eigenvalue weighted by Crippen LogP contribution is -2.32. The minimum absolute atomic E-state index is 0.197. The average Bonchev–Trinajstić information content (AvgIpc) is 3.49. The van der Waals surface area contributed by atoms with Crippen molar-refractivity contribution in [3.63, 3.8) is 0 Å². The zero-order valence-corrected chi connectivity index (χ0v) is 19.4. The van der Waals surface area contributed by atoms with Crippen molar-refractivity contribution in [3.05, 3.63) is 42.1 Å². The normalized spacial score (nSPS) is 20.5. The first-order chi connectivity index (χ1) is 17.2. The Kier molecular flexibility index (Phi) is 5.65. The summed E-state index contributed by atoms with van der Waals surface area (Å²) in [7, 11) is 1.60. The lowest BCUT2D eigenvalue weighted by Gasteiger charge is -2.21. The van der Waals surface area contributed by atoms with E-state index in [2.05, 4.69) is 15.3 Å². The molecule has 5 heterocycles. The minimum Gasteiger partial charge on any atom is -0.491 e. The molecule has 182 valence electrons. The van der Waals surface area contributed by atoms with Gasteiger partial charge in [-0.15, -0.1) is 0 Å². The Balaban J connectivity index is 1.05. The number of pyridine rings is 2. The third-order valence-corrected chi connectivity index (χ3v) is 6.50. The van der Waals surface area contributed by atoms with Gasteiger partial charge in [0.05, 0.1) is 37.7 Å². The molecule has 10 heteroatoms. The Bertz CT molecular complexity index is 1270. The van der Waals surface area contributed by atoms with Crippen LogP contribution in [0.15, 0.2) is 36.5 Å². The third kappa shape index (κ3) is 4.14. The summed E-state index contributed by atoms with van der Waals surface area (Å²) in [5.74, 6) is 2.88. The molecule has 0 saturated carbocycles. The zero-order valence-electron chi connectivity index (χ0n) is 19.4. The Morgan fingerprint density at radius 3 is 2.89 bits per heavy atom. The molecule has 0 bridgehead atoms. The van der Waals surface area contributed by atoms with Crippen molar-refractivity contribution in [2.75, 3.05) is 51.5 Å². The number of nitrogens with one attached hydrogen (secondary N) is 1. The maximum Gasteiger partial charge on any atom is 0.414 e. The molecule has 6 rings (SSSR count). The van der Waals surface area contributed by atoms with Crippen molar-refractivity contribution in [1.29, 1.82) is 0 Å². The molecule has 0 spiro atoms. The van der Waals surface area contributed by atoms with E-state index in [-0.39, 0.29) is 18.1 Å². The highest BCUT2D eigenvalue weighted by Gasteiger charge is 2.33. The number of cyclic esters (lactones) is 1. The van der Waals surface area contributed by atoms with E-state index in [9.17, 15) is 4.79 Å². The van der Waals surface area contributed by atoms with Crippen LogP contribution in [0.4, 0.5) is 10.5 Å². The van der Waals surface area contributed by atoms with E-state index in [0.29, 0.717) is 50.3 Å². The lowest BCUT2D eigenvalue weighted by atomic mass is 9.97. The van der Waals surface area contributed by atoms with Crippen LogP contribution in [0.1, 0.15) is 17.9 Å². The fourth-order valence-corrected chi connectivity index (χ4v) is 4.75. The number of benzene rings is 1. The number of rotatable bonds is 7. The van der Waals surface area contributed by atoms with Crippen molar-refractivity contribution in [1.82, 2.24) is 15.3 Å². The topological polar surface area (TPSA) is 104 Å². The molecule has 0 unspecified atom stereocenters. The van der Waals surface area contributed by atoms with Crippen LogP contribution in [0.3, 0.4) is 0 Å². The summed E-state index contributed by atoms with van der Waals surface area (Å²) in [5, 5.41) is 3.43. The van der Waals surface area contributed by atoms with E-state index in [1.54, 1.807) is 18.2 Å². The maximum absolute atomic E-state index is 12.5. The fourth-order valence-electron chi connectivity index (χ4n) is 4.75. The van der Waals surface area contributed by atoms with Gasteiger partial charge in [0.2, 0.25) is 5.88 Å². The van der Waals surface area contributed by atoms with E-state index >= 15 is 0 Å². The van der Waals surface area contributed by atoms with Gasteiger partial charge in [0.15, 0.2) is 11.5 Å². The molecular weight excluding hydrogens is 452 g/mol. The van der Waals surface area contributed by atoms with Gasteiger partial charge in [-0.05, 0) is 31.2 Å². The van der Waals surface area contributed by atoms with Crippen LogP contribution >= 0.6 is 0 Å². The monoisotopic (exact) mass is 478 g/mol. The summed E-state index contributed by atoms with van der Waals surface area (Å²) in [4.78, 5) is 23.2. The predicted molar refractivity (Wildman–Crippen MR) is 127 cm³/mol. The molecule has 3 aliphatic heterocycles. The molecule has 1 aromatic carbocycles. The van der Waals surface area contributed by atoms with Gasteiger partial charge in [0, 0.05) is 30.2 Å². The Morgan fingerprint density at radius 2 is 2.00 bits per heavy atom. The van der Waals surface area contributed by atoms with Crippen molar-refractivity contribution >= 4 is 22.8 Å². The van der Waals surface area contributed by atoms with E-state index in [4.69, 9.17) is 23.7 Å². The van der Waals surface area contributed by atoms with Crippen molar-refractivity contribution in [2.24, 2.45) is 0 Å². The van der Waals surface area contributed by atoms with Crippen molar-refractivity contribution in [3.8, 4) is 23.1 Å². The summed E-state index contributed by atoms with van der Waals surface area (Å²) in [6.07, 6.45) is 2.03. The second kappa shape index (κ2) is 9.10. The van der Waals surface area contributed by atoms with E-state index < -0.39 is 0 Å². The first kappa shape index (κ1) is 21.7. The SMILES string of the molecule is COc1ccc2ncc3c(c2n1)[C@@H](CCNC[C@H]1CN(c2ccc4c(c2)OCCO4)C(=O)O1)CO3. The lowest BCUT2D eigenvalue weighted by molar-refractivity contribution is 0.140. The maximum atomic E-state index is 12.5.